The van der Waals surface area contributed by atoms with E-state index in [1.165, 1.54) is 35.6 Å². The fourth-order valence-electron chi connectivity index (χ4n) is 2.70. The van der Waals surface area contributed by atoms with E-state index in [0.29, 0.717) is 26.1 Å². The molecule has 0 bridgehead atoms. The van der Waals surface area contributed by atoms with Gasteiger partial charge in [-0.25, -0.2) is 8.42 Å². The minimum Gasteiger partial charge on any atom is -0.553 e. The Morgan fingerprint density at radius 1 is 1.07 bits per heavy atom. The number of nitrogens with one attached hydrogen (secondary N) is 1. The summed E-state index contributed by atoms with van der Waals surface area (Å²) in [6.45, 7) is -0.292. The van der Waals surface area contributed by atoms with E-state index >= 15 is 0 Å². The number of hydrogen-bond acceptors (Lipinski definition) is 6. The lowest BCUT2D eigenvalue weighted by molar-refractivity contribution is -0.123. The Morgan fingerprint density at radius 3 is 2.33 bits per heavy atom. The van der Waals surface area contributed by atoms with Crippen LogP contribution in [0.25, 0.3) is 0 Å². The summed E-state index contributed by atoms with van der Waals surface area (Å²) in [5, 5.41) is 4.01. The standard InChI is InChI=1S/C20H20ClNO5S2Si/c21-14-3-9-17(10-4-14)29(24,25)19(18-2-1-11-28-18)12-22-20(23)13-26-15-5-7-16(27-30)8-6-15/h1-11,19H,12-13H2,30H3,(H,22,23). The lowest BCUT2D eigenvalue weighted by Crippen LogP contribution is -2.34. The SMILES string of the molecule is O=C(COc1ccc(O[SiH3])cc1)NCC(c1cccs1)S(=O)(=O)c1ccc(Cl)cc1. The minimum absolute atomic E-state index is 0.0685. The lowest BCUT2D eigenvalue weighted by atomic mass is 10.3. The summed E-state index contributed by atoms with van der Waals surface area (Å²) in [4.78, 5) is 13.1. The second kappa shape index (κ2) is 10.1. The third-order valence-corrected chi connectivity index (χ3v) is 8.25. The molecule has 158 valence electrons. The number of hydrogen-bond donors (Lipinski definition) is 1. The average molecular weight is 482 g/mol. The maximum atomic E-state index is 13.2. The molecule has 1 atom stereocenters. The molecule has 0 fully saturated rings. The van der Waals surface area contributed by atoms with Gasteiger partial charge in [0.05, 0.1) is 4.90 Å². The van der Waals surface area contributed by atoms with Crippen LogP contribution in [0.5, 0.6) is 11.5 Å². The highest BCUT2D eigenvalue weighted by Gasteiger charge is 2.30. The van der Waals surface area contributed by atoms with Crippen molar-refractivity contribution in [1.82, 2.24) is 5.32 Å². The Hall–Kier alpha value is -2.33. The van der Waals surface area contributed by atoms with E-state index in [-0.39, 0.29) is 18.0 Å². The van der Waals surface area contributed by atoms with Gasteiger partial charge in [0, 0.05) is 16.4 Å². The smallest absolute Gasteiger partial charge is 0.257 e. The molecule has 0 aliphatic carbocycles. The molecule has 0 aliphatic heterocycles. The normalized spacial score (nSPS) is 12.3. The maximum Gasteiger partial charge on any atom is 0.257 e. The van der Waals surface area contributed by atoms with Crippen molar-refractivity contribution >= 4 is 49.2 Å². The highest BCUT2D eigenvalue weighted by Crippen LogP contribution is 2.32. The van der Waals surface area contributed by atoms with Crippen LogP contribution in [-0.4, -0.2) is 38.0 Å². The molecule has 1 N–H and O–H groups in total. The van der Waals surface area contributed by atoms with Crippen LogP contribution in [0.15, 0.2) is 70.9 Å². The number of carbonyl (C=O) groups excluding carboxylic acids is 1. The van der Waals surface area contributed by atoms with E-state index in [9.17, 15) is 13.2 Å². The number of amides is 1. The Morgan fingerprint density at radius 2 is 1.73 bits per heavy atom. The van der Waals surface area contributed by atoms with Crippen LogP contribution in [0.2, 0.25) is 5.02 Å². The highest BCUT2D eigenvalue weighted by molar-refractivity contribution is 7.91. The fraction of sp³-hybridized carbons (Fsp3) is 0.150. The number of carbonyl (C=O) groups is 1. The summed E-state index contributed by atoms with van der Waals surface area (Å²) < 4.78 is 37.0. The van der Waals surface area contributed by atoms with Gasteiger partial charge in [-0.05, 0) is 60.0 Å². The summed E-state index contributed by atoms with van der Waals surface area (Å²) >= 11 is 7.20. The molecular formula is C20H20ClNO5S2Si. The molecule has 1 heterocycles. The van der Waals surface area contributed by atoms with Gasteiger partial charge in [-0.3, -0.25) is 4.79 Å². The molecular weight excluding hydrogens is 462 g/mol. The topological polar surface area (TPSA) is 81.7 Å². The molecule has 1 unspecified atom stereocenters. The lowest BCUT2D eigenvalue weighted by Gasteiger charge is -2.17. The van der Waals surface area contributed by atoms with E-state index in [2.05, 4.69) is 5.32 Å². The van der Waals surface area contributed by atoms with Gasteiger partial charge in [0.15, 0.2) is 16.4 Å². The van der Waals surface area contributed by atoms with Crippen molar-refractivity contribution in [2.24, 2.45) is 0 Å². The van der Waals surface area contributed by atoms with Crippen molar-refractivity contribution in [2.45, 2.75) is 10.1 Å². The number of sulfone groups is 1. The second-order valence-electron chi connectivity index (χ2n) is 6.27. The first-order chi connectivity index (χ1) is 14.4. The van der Waals surface area contributed by atoms with Gasteiger partial charge in [-0.1, -0.05) is 17.7 Å². The number of halogens is 1. The van der Waals surface area contributed by atoms with Crippen LogP contribution in [-0.2, 0) is 14.6 Å². The summed E-state index contributed by atoms with van der Waals surface area (Å²) in [5.41, 5.74) is 0. The quantitative estimate of drug-likeness (QED) is 0.475. The molecule has 1 aromatic heterocycles. The first kappa shape index (κ1) is 22.4. The van der Waals surface area contributed by atoms with E-state index < -0.39 is 21.0 Å². The molecule has 6 nitrogen and oxygen atoms in total. The summed E-state index contributed by atoms with van der Waals surface area (Å²) in [6, 6.07) is 16.4. The number of benzene rings is 2. The molecule has 30 heavy (non-hydrogen) atoms. The molecule has 3 aromatic rings. The van der Waals surface area contributed by atoms with Crippen LogP contribution in [0.4, 0.5) is 0 Å². The van der Waals surface area contributed by atoms with Crippen molar-refractivity contribution in [3.8, 4) is 11.5 Å². The van der Waals surface area contributed by atoms with Crippen molar-refractivity contribution in [3.05, 3.63) is 75.9 Å². The van der Waals surface area contributed by atoms with Gasteiger partial charge < -0.3 is 14.5 Å². The summed E-state index contributed by atoms with van der Waals surface area (Å²) in [7, 11) is -3.14. The van der Waals surface area contributed by atoms with Crippen LogP contribution < -0.4 is 14.5 Å². The maximum absolute atomic E-state index is 13.2. The Bertz CT molecular complexity index is 1070. The zero-order chi connectivity index (χ0) is 21.6. The van der Waals surface area contributed by atoms with Crippen LogP contribution in [0.1, 0.15) is 10.1 Å². The number of rotatable bonds is 9. The minimum atomic E-state index is -3.73. The summed E-state index contributed by atoms with van der Waals surface area (Å²) in [6.07, 6.45) is 0. The summed E-state index contributed by atoms with van der Waals surface area (Å²) in [5.74, 6) is 0.854. The molecule has 3 rings (SSSR count). The van der Waals surface area contributed by atoms with E-state index in [4.69, 9.17) is 20.8 Å². The van der Waals surface area contributed by atoms with Crippen molar-refractivity contribution in [3.63, 3.8) is 0 Å². The predicted molar refractivity (Wildman–Crippen MR) is 121 cm³/mol. The first-order valence-corrected chi connectivity index (χ1v) is 12.6. The van der Waals surface area contributed by atoms with Crippen molar-refractivity contribution < 1.29 is 22.4 Å². The van der Waals surface area contributed by atoms with Crippen LogP contribution in [0, 0.1) is 0 Å². The molecule has 0 radical (unpaired) electrons. The molecule has 0 saturated carbocycles. The van der Waals surface area contributed by atoms with Crippen molar-refractivity contribution in [1.29, 1.82) is 0 Å². The molecule has 0 aliphatic rings. The Balaban J connectivity index is 1.67. The highest BCUT2D eigenvalue weighted by atomic mass is 35.5. The predicted octanol–water partition coefficient (Wildman–Crippen LogP) is 2.77. The van der Waals surface area contributed by atoms with E-state index in [1.807, 2.05) is 0 Å². The molecule has 0 saturated heterocycles. The zero-order valence-corrected chi connectivity index (χ0v) is 20.5. The van der Waals surface area contributed by atoms with Gasteiger partial charge in [-0.15, -0.1) is 11.3 Å². The number of ether oxygens (including phenoxy) is 1. The van der Waals surface area contributed by atoms with Crippen LogP contribution in [0.3, 0.4) is 0 Å². The third-order valence-electron chi connectivity index (χ3n) is 4.29. The third kappa shape index (κ3) is 5.63. The van der Waals surface area contributed by atoms with Gasteiger partial charge in [-0.2, -0.15) is 0 Å². The molecule has 1 amide bonds. The van der Waals surface area contributed by atoms with Gasteiger partial charge >= 0.3 is 0 Å². The van der Waals surface area contributed by atoms with E-state index in [0.717, 1.165) is 5.75 Å². The van der Waals surface area contributed by atoms with Gasteiger partial charge in [0.2, 0.25) is 10.5 Å². The molecule has 10 heteroatoms. The fourth-order valence-corrected chi connectivity index (χ4v) is 5.89. The number of thiophene rings is 1. The van der Waals surface area contributed by atoms with Gasteiger partial charge in [0.25, 0.3) is 5.91 Å². The first-order valence-electron chi connectivity index (χ1n) is 8.96. The molecule has 2 aromatic carbocycles. The molecule has 0 spiro atoms. The van der Waals surface area contributed by atoms with Crippen molar-refractivity contribution in [2.75, 3.05) is 13.2 Å². The Kier molecular flexibility index (Phi) is 7.54. The second-order valence-corrected chi connectivity index (χ2v) is 10.2. The largest absolute Gasteiger partial charge is 0.553 e. The van der Waals surface area contributed by atoms with Crippen LogP contribution >= 0.6 is 22.9 Å². The Labute approximate surface area is 187 Å². The van der Waals surface area contributed by atoms with Gasteiger partial charge in [0.1, 0.15) is 16.7 Å². The zero-order valence-electron chi connectivity index (χ0n) is 16.1. The average Bonchev–Trinajstić information content (AvgIpc) is 3.27. The monoisotopic (exact) mass is 481 g/mol. The van der Waals surface area contributed by atoms with E-state index in [1.54, 1.807) is 41.8 Å².